The highest BCUT2D eigenvalue weighted by Gasteiger charge is 2.50. The maximum absolute atomic E-state index is 12.2. The molecule has 4 rings (SSSR count). The average Bonchev–Trinajstić information content (AvgIpc) is 3.26. The number of nitrogens with one attached hydrogen (secondary N) is 2. The molecule has 30 heavy (non-hydrogen) atoms. The second kappa shape index (κ2) is 7.57. The Morgan fingerprint density at radius 3 is 2.43 bits per heavy atom. The lowest BCUT2D eigenvalue weighted by atomic mass is 9.77. The SMILES string of the molecule is CC(CC(C(N)=O)C1(C)NC(=O)NC1=O)c1ccc(-c2cc3ccccc3s2)cc1. The van der Waals surface area contributed by atoms with Gasteiger partial charge in [0.1, 0.15) is 5.54 Å². The minimum absolute atomic E-state index is 0.0268. The van der Waals surface area contributed by atoms with Gasteiger partial charge in [-0.1, -0.05) is 49.4 Å². The fourth-order valence-corrected chi connectivity index (χ4v) is 5.10. The first-order valence-electron chi connectivity index (χ1n) is 9.80. The summed E-state index contributed by atoms with van der Waals surface area (Å²) in [5, 5.41) is 5.99. The van der Waals surface area contributed by atoms with Gasteiger partial charge in [0.05, 0.1) is 5.92 Å². The zero-order valence-corrected chi connectivity index (χ0v) is 17.6. The highest BCUT2D eigenvalue weighted by atomic mass is 32.1. The highest BCUT2D eigenvalue weighted by molar-refractivity contribution is 7.22. The third kappa shape index (κ3) is 3.57. The van der Waals surface area contributed by atoms with Gasteiger partial charge < -0.3 is 11.1 Å². The Morgan fingerprint density at radius 2 is 1.83 bits per heavy atom. The summed E-state index contributed by atoms with van der Waals surface area (Å²) in [4.78, 5) is 37.2. The number of rotatable bonds is 6. The van der Waals surface area contributed by atoms with Crippen LogP contribution in [0.2, 0.25) is 0 Å². The number of imide groups is 1. The molecule has 4 N–H and O–H groups in total. The second-order valence-corrected chi connectivity index (χ2v) is 9.06. The van der Waals surface area contributed by atoms with Crippen LogP contribution in [-0.4, -0.2) is 23.4 Å². The summed E-state index contributed by atoms with van der Waals surface area (Å²) < 4.78 is 1.25. The van der Waals surface area contributed by atoms with Crippen LogP contribution < -0.4 is 16.4 Å². The van der Waals surface area contributed by atoms with Crippen LogP contribution in [-0.2, 0) is 9.59 Å². The molecule has 2 aromatic carbocycles. The molecule has 1 saturated heterocycles. The summed E-state index contributed by atoms with van der Waals surface area (Å²) in [7, 11) is 0. The summed E-state index contributed by atoms with van der Waals surface area (Å²) >= 11 is 1.75. The van der Waals surface area contributed by atoms with Gasteiger partial charge in [0.2, 0.25) is 5.91 Å². The van der Waals surface area contributed by atoms with Crippen molar-refractivity contribution in [3.05, 3.63) is 60.2 Å². The Balaban J connectivity index is 1.54. The molecular formula is C23H23N3O3S. The maximum atomic E-state index is 12.2. The van der Waals surface area contributed by atoms with Gasteiger partial charge >= 0.3 is 6.03 Å². The summed E-state index contributed by atoms with van der Waals surface area (Å²) in [5.74, 6) is -1.98. The number of nitrogens with two attached hydrogens (primary N) is 1. The third-order valence-corrected chi connectivity index (χ3v) is 7.06. The molecule has 0 radical (unpaired) electrons. The monoisotopic (exact) mass is 421 g/mol. The molecule has 3 atom stereocenters. The van der Waals surface area contributed by atoms with Gasteiger partial charge in [-0.05, 0) is 47.9 Å². The summed E-state index contributed by atoms with van der Waals surface area (Å²) in [6.07, 6.45) is 0.349. The van der Waals surface area contributed by atoms with E-state index >= 15 is 0 Å². The molecule has 3 unspecified atom stereocenters. The van der Waals surface area contributed by atoms with Crippen LogP contribution >= 0.6 is 11.3 Å². The Kier molecular flexibility index (Phi) is 5.07. The van der Waals surface area contributed by atoms with Crippen molar-refractivity contribution in [2.75, 3.05) is 0 Å². The van der Waals surface area contributed by atoms with Crippen LogP contribution in [0.15, 0.2) is 54.6 Å². The van der Waals surface area contributed by atoms with E-state index in [0.717, 1.165) is 11.1 Å². The van der Waals surface area contributed by atoms with Crippen molar-refractivity contribution < 1.29 is 14.4 Å². The molecule has 1 aliphatic heterocycles. The fourth-order valence-electron chi connectivity index (χ4n) is 4.03. The number of benzene rings is 2. The molecule has 4 amide bonds. The molecule has 1 aromatic heterocycles. The van der Waals surface area contributed by atoms with Crippen LogP contribution in [0.1, 0.15) is 31.7 Å². The zero-order valence-electron chi connectivity index (χ0n) is 16.8. The lowest BCUT2D eigenvalue weighted by Gasteiger charge is -2.30. The van der Waals surface area contributed by atoms with E-state index in [4.69, 9.17) is 5.73 Å². The minimum Gasteiger partial charge on any atom is -0.369 e. The van der Waals surface area contributed by atoms with Gasteiger partial charge in [0.25, 0.3) is 5.91 Å². The normalized spacial score (nSPS) is 20.6. The van der Waals surface area contributed by atoms with E-state index in [2.05, 4.69) is 41.0 Å². The van der Waals surface area contributed by atoms with Gasteiger partial charge in [-0.25, -0.2) is 4.79 Å². The molecule has 1 fully saturated rings. The van der Waals surface area contributed by atoms with Crippen molar-refractivity contribution in [2.24, 2.45) is 11.7 Å². The molecule has 0 bridgehead atoms. The van der Waals surface area contributed by atoms with Crippen LogP contribution in [0, 0.1) is 5.92 Å². The number of carbonyl (C=O) groups excluding carboxylic acids is 3. The Bertz CT molecular complexity index is 1110. The van der Waals surface area contributed by atoms with Gasteiger partial charge in [-0.2, -0.15) is 0 Å². The van der Waals surface area contributed by atoms with E-state index in [1.54, 1.807) is 18.3 Å². The standard InChI is InChI=1S/C23H23N3O3S/c1-13(11-17(20(24)27)23(2)21(28)25-22(29)26-23)14-7-9-15(10-8-14)19-12-16-5-3-4-6-18(16)30-19/h3-10,12-13,17H,11H2,1-2H3,(H2,24,27)(H2,25,26,28,29). The minimum atomic E-state index is -1.34. The van der Waals surface area contributed by atoms with E-state index < -0.39 is 29.3 Å². The average molecular weight is 422 g/mol. The lowest BCUT2D eigenvalue weighted by molar-refractivity contribution is -0.133. The van der Waals surface area contributed by atoms with Crippen molar-refractivity contribution >= 4 is 39.3 Å². The number of amides is 4. The first kappa shape index (κ1) is 20.1. The first-order chi connectivity index (χ1) is 14.3. The van der Waals surface area contributed by atoms with Crippen molar-refractivity contribution in [2.45, 2.75) is 31.7 Å². The number of primary amides is 1. The molecule has 7 heteroatoms. The molecule has 3 aromatic rings. The molecule has 6 nitrogen and oxygen atoms in total. The van der Waals surface area contributed by atoms with E-state index in [0.29, 0.717) is 6.42 Å². The molecular weight excluding hydrogens is 398 g/mol. The number of fused-ring (bicyclic) bond motifs is 1. The highest BCUT2D eigenvalue weighted by Crippen LogP contribution is 2.35. The molecule has 0 saturated carbocycles. The fraction of sp³-hybridized carbons (Fsp3) is 0.261. The van der Waals surface area contributed by atoms with E-state index in [9.17, 15) is 14.4 Å². The van der Waals surface area contributed by atoms with Crippen LogP contribution in [0.5, 0.6) is 0 Å². The summed E-state index contributed by atoms with van der Waals surface area (Å²) in [6, 6.07) is 18.1. The second-order valence-electron chi connectivity index (χ2n) is 7.97. The Hall–Kier alpha value is -3.19. The van der Waals surface area contributed by atoms with Crippen molar-refractivity contribution in [1.82, 2.24) is 10.6 Å². The number of thiophene rings is 1. The van der Waals surface area contributed by atoms with Crippen molar-refractivity contribution in [3.63, 3.8) is 0 Å². The number of hydrogen-bond acceptors (Lipinski definition) is 4. The largest absolute Gasteiger partial charge is 0.369 e. The number of urea groups is 1. The summed E-state index contributed by atoms with van der Waals surface area (Å²) in [6.45, 7) is 3.53. The van der Waals surface area contributed by atoms with Crippen LogP contribution in [0.3, 0.4) is 0 Å². The van der Waals surface area contributed by atoms with E-state index in [-0.39, 0.29) is 5.92 Å². The summed E-state index contributed by atoms with van der Waals surface area (Å²) in [5.41, 5.74) is 6.44. The van der Waals surface area contributed by atoms with Crippen LogP contribution in [0.25, 0.3) is 20.5 Å². The van der Waals surface area contributed by atoms with Gasteiger partial charge in [0, 0.05) is 9.58 Å². The Morgan fingerprint density at radius 1 is 1.13 bits per heavy atom. The molecule has 0 aliphatic carbocycles. The van der Waals surface area contributed by atoms with E-state index in [1.807, 2.05) is 31.2 Å². The smallest absolute Gasteiger partial charge is 0.322 e. The predicted octanol–water partition coefficient (Wildman–Crippen LogP) is 3.76. The first-order valence-corrected chi connectivity index (χ1v) is 10.6. The lowest BCUT2D eigenvalue weighted by Crippen LogP contribution is -2.55. The van der Waals surface area contributed by atoms with Gasteiger partial charge in [-0.3, -0.25) is 14.9 Å². The quantitative estimate of drug-likeness (QED) is 0.528. The zero-order chi connectivity index (χ0) is 21.5. The molecule has 2 heterocycles. The topological polar surface area (TPSA) is 101 Å². The van der Waals surface area contributed by atoms with Gasteiger partial charge in [0.15, 0.2) is 0 Å². The molecule has 0 spiro atoms. The predicted molar refractivity (Wildman–Crippen MR) is 118 cm³/mol. The molecule has 154 valence electrons. The maximum Gasteiger partial charge on any atom is 0.322 e. The van der Waals surface area contributed by atoms with Crippen LogP contribution in [0.4, 0.5) is 4.79 Å². The molecule has 1 aliphatic rings. The van der Waals surface area contributed by atoms with Gasteiger partial charge in [-0.15, -0.1) is 11.3 Å². The number of carbonyl (C=O) groups is 3. The van der Waals surface area contributed by atoms with Crippen molar-refractivity contribution in [1.29, 1.82) is 0 Å². The number of hydrogen-bond donors (Lipinski definition) is 3. The third-order valence-electron chi connectivity index (χ3n) is 5.89. The van der Waals surface area contributed by atoms with E-state index in [1.165, 1.54) is 15.0 Å². The Labute approximate surface area is 178 Å². The van der Waals surface area contributed by atoms with Crippen molar-refractivity contribution in [3.8, 4) is 10.4 Å².